The van der Waals surface area contributed by atoms with Crippen molar-refractivity contribution < 1.29 is 13.5 Å². The van der Waals surface area contributed by atoms with Crippen molar-refractivity contribution in [1.82, 2.24) is 5.32 Å². The fraction of sp³-hybridized carbons (Fsp3) is 0.500. The molecule has 2 rings (SSSR count). The molecule has 1 aromatic rings. The molecule has 100 valence electrons. The molecule has 6 heteroatoms. The van der Waals surface area contributed by atoms with Crippen LogP contribution in [0.3, 0.4) is 0 Å². The number of aromatic hydroxyl groups is 1. The van der Waals surface area contributed by atoms with Gasteiger partial charge in [-0.25, -0.2) is 8.42 Å². The molecule has 0 spiro atoms. The molecule has 1 unspecified atom stereocenters. The maximum Gasteiger partial charge on any atom is 0.154 e. The van der Waals surface area contributed by atoms with Crippen LogP contribution < -0.4 is 5.32 Å². The zero-order chi connectivity index (χ0) is 13.2. The summed E-state index contributed by atoms with van der Waals surface area (Å²) in [5, 5.41) is 12.8. The van der Waals surface area contributed by atoms with Crippen LogP contribution >= 0.6 is 11.6 Å². The summed E-state index contributed by atoms with van der Waals surface area (Å²) in [7, 11) is -2.91. The zero-order valence-corrected chi connectivity index (χ0v) is 11.5. The van der Waals surface area contributed by atoms with E-state index in [9.17, 15) is 13.5 Å². The van der Waals surface area contributed by atoms with Crippen molar-refractivity contribution in [3.8, 4) is 5.75 Å². The molecule has 0 aromatic heterocycles. The lowest BCUT2D eigenvalue weighted by molar-refractivity contribution is 0.464. The highest BCUT2D eigenvalue weighted by atomic mass is 35.5. The number of rotatable bonds is 4. The molecular weight excluding hydrogens is 274 g/mol. The summed E-state index contributed by atoms with van der Waals surface area (Å²) >= 11 is 5.79. The smallest absolute Gasteiger partial charge is 0.154 e. The first-order valence-corrected chi connectivity index (χ1v) is 7.98. The van der Waals surface area contributed by atoms with E-state index >= 15 is 0 Å². The monoisotopic (exact) mass is 289 g/mol. The van der Waals surface area contributed by atoms with E-state index in [1.54, 1.807) is 18.2 Å². The number of halogens is 1. The molecule has 18 heavy (non-hydrogen) atoms. The third-order valence-corrected chi connectivity index (χ3v) is 5.80. The van der Waals surface area contributed by atoms with Crippen LogP contribution in [-0.4, -0.2) is 31.1 Å². The van der Waals surface area contributed by atoms with E-state index in [1.165, 1.54) is 0 Å². The summed E-state index contributed by atoms with van der Waals surface area (Å²) in [6.07, 6.45) is 1.47. The van der Waals surface area contributed by atoms with Gasteiger partial charge in [-0.2, -0.15) is 0 Å². The van der Waals surface area contributed by atoms with Gasteiger partial charge in [-0.1, -0.05) is 23.7 Å². The van der Waals surface area contributed by atoms with Gasteiger partial charge < -0.3 is 10.4 Å². The Morgan fingerprint density at radius 1 is 1.44 bits per heavy atom. The fourth-order valence-corrected chi connectivity index (χ4v) is 4.15. The Balaban J connectivity index is 1.91. The lowest BCUT2D eigenvalue weighted by Gasteiger charge is -2.11. The Morgan fingerprint density at radius 3 is 2.89 bits per heavy atom. The number of phenols is 1. The van der Waals surface area contributed by atoms with E-state index < -0.39 is 9.84 Å². The van der Waals surface area contributed by atoms with E-state index in [1.807, 2.05) is 0 Å². The minimum Gasteiger partial charge on any atom is -0.506 e. The van der Waals surface area contributed by atoms with Crippen LogP contribution in [0.2, 0.25) is 5.02 Å². The van der Waals surface area contributed by atoms with E-state index in [-0.39, 0.29) is 11.0 Å². The van der Waals surface area contributed by atoms with Gasteiger partial charge in [-0.15, -0.1) is 0 Å². The normalized spacial score (nSPS) is 22.2. The maximum atomic E-state index is 11.6. The molecule has 0 aliphatic carbocycles. The Morgan fingerprint density at radius 2 is 2.22 bits per heavy atom. The number of hydrogen-bond donors (Lipinski definition) is 2. The van der Waals surface area contributed by atoms with Gasteiger partial charge in [0.2, 0.25) is 0 Å². The molecule has 1 aliphatic heterocycles. The molecule has 1 fully saturated rings. The first-order valence-electron chi connectivity index (χ1n) is 5.89. The van der Waals surface area contributed by atoms with Crippen molar-refractivity contribution in [2.75, 3.05) is 12.3 Å². The lowest BCUT2D eigenvalue weighted by atomic mass is 10.2. The van der Waals surface area contributed by atoms with E-state index in [2.05, 4.69) is 5.32 Å². The molecule has 1 saturated heterocycles. The van der Waals surface area contributed by atoms with Gasteiger partial charge >= 0.3 is 0 Å². The minimum absolute atomic E-state index is 0.0564. The van der Waals surface area contributed by atoms with Gasteiger partial charge in [-0.3, -0.25) is 0 Å². The van der Waals surface area contributed by atoms with Gasteiger partial charge in [0.15, 0.2) is 9.84 Å². The molecule has 1 aromatic carbocycles. The summed E-state index contributed by atoms with van der Waals surface area (Å²) in [5.74, 6) is 0.350. The summed E-state index contributed by atoms with van der Waals surface area (Å²) in [4.78, 5) is 0. The first kappa shape index (κ1) is 13.6. The Hall–Kier alpha value is -0.780. The average Bonchev–Trinajstić information content (AvgIpc) is 2.64. The van der Waals surface area contributed by atoms with Gasteiger partial charge in [0, 0.05) is 18.7 Å². The van der Waals surface area contributed by atoms with Crippen molar-refractivity contribution in [2.45, 2.75) is 24.6 Å². The summed E-state index contributed by atoms with van der Waals surface area (Å²) in [6, 6.07) is 5.13. The highest BCUT2D eigenvalue weighted by molar-refractivity contribution is 7.92. The molecule has 0 amide bonds. The molecular formula is C12H16ClNO3S. The SMILES string of the molecule is O=S1(=O)CCCC1CNCc1cccc(Cl)c1O. The predicted molar refractivity (Wildman–Crippen MR) is 71.6 cm³/mol. The van der Waals surface area contributed by atoms with Crippen LogP contribution in [0.5, 0.6) is 5.75 Å². The molecule has 1 atom stereocenters. The van der Waals surface area contributed by atoms with Crippen LogP contribution in [0.1, 0.15) is 18.4 Å². The molecule has 1 heterocycles. The average molecular weight is 290 g/mol. The van der Waals surface area contributed by atoms with Crippen molar-refractivity contribution in [3.63, 3.8) is 0 Å². The Bertz CT molecular complexity index is 530. The van der Waals surface area contributed by atoms with Crippen LogP contribution in [0.25, 0.3) is 0 Å². The number of nitrogens with one attached hydrogen (secondary N) is 1. The summed E-state index contributed by atoms with van der Waals surface area (Å²) in [5.41, 5.74) is 0.679. The number of para-hydroxylation sites is 1. The highest BCUT2D eigenvalue weighted by Crippen LogP contribution is 2.26. The second kappa shape index (κ2) is 5.47. The largest absolute Gasteiger partial charge is 0.506 e. The number of hydrogen-bond acceptors (Lipinski definition) is 4. The number of benzene rings is 1. The topological polar surface area (TPSA) is 66.4 Å². The molecule has 0 bridgehead atoms. The molecule has 0 saturated carbocycles. The van der Waals surface area contributed by atoms with Crippen LogP contribution in [0.4, 0.5) is 0 Å². The molecule has 1 aliphatic rings. The van der Waals surface area contributed by atoms with Crippen molar-refractivity contribution in [1.29, 1.82) is 0 Å². The maximum absolute atomic E-state index is 11.6. The second-order valence-corrected chi connectivity index (χ2v) is 7.32. The lowest BCUT2D eigenvalue weighted by Crippen LogP contribution is -2.30. The van der Waals surface area contributed by atoms with Gasteiger partial charge in [0.05, 0.1) is 16.0 Å². The quantitative estimate of drug-likeness (QED) is 0.886. The molecule has 4 nitrogen and oxygen atoms in total. The zero-order valence-electron chi connectivity index (χ0n) is 9.89. The molecule has 2 N–H and O–H groups in total. The Labute approximate surface area is 112 Å². The molecule has 0 radical (unpaired) electrons. The predicted octanol–water partition coefficient (Wildman–Crippen LogP) is 1.71. The van der Waals surface area contributed by atoms with Gasteiger partial charge in [0.25, 0.3) is 0 Å². The van der Waals surface area contributed by atoms with E-state index in [0.29, 0.717) is 29.4 Å². The highest BCUT2D eigenvalue weighted by Gasteiger charge is 2.30. The third-order valence-electron chi connectivity index (χ3n) is 3.22. The van der Waals surface area contributed by atoms with Crippen molar-refractivity contribution >= 4 is 21.4 Å². The summed E-state index contributed by atoms with van der Waals surface area (Å²) < 4.78 is 23.2. The minimum atomic E-state index is -2.91. The van der Waals surface area contributed by atoms with Gasteiger partial charge in [-0.05, 0) is 18.9 Å². The van der Waals surface area contributed by atoms with Crippen LogP contribution in [0.15, 0.2) is 18.2 Å². The Kier molecular flexibility index (Phi) is 4.14. The second-order valence-electron chi connectivity index (χ2n) is 4.51. The van der Waals surface area contributed by atoms with E-state index in [0.717, 1.165) is 12.8 Å². The third kappa shape index (κ3) is 2.96. The first-order chi connectivity index (χ1) is 8.50. The van der Waals surface area contributed by atoms with Crippen LogP contribution in [-0.2, 0) is 16.4 Å². The number of sulfone groups is 1. The van der Waals surface area contributed by atoms with Gasteiger partial charge in [0.1, 0.15) is 5.75 Å². The van der Waals surface area contributed by atoms with Crippen LogP contribution in [0, 0.1) is 0 Å². The van der Waals surface area contributed by atoms with E-state index in [4.69, 9.17) is 11.6 Å². The van der Waals surface area contributed by atoms with Crippen molar-refractivity contribution in [2.24, 2.45) is 0 Å². The fourth-order valence-electron chi connectivity index (χ4n) is 2.16. The standard InChI is InChI=1S/C12H16ClNO3S/c13-11-5-1-3-9(12(11)15)7-14-8-10-4-2-6-18(10,16)17/h1,3,5,10,14-15H,2,4,6-8H2. The number of phenolic OH excluding ortho intramolecular Hbond substituents is 1. The summed E-state index contributed by atoms with van der Waals surface area (Å²) in [6.45, 7) is 0.840. The van der Waals surface area contributed by atoms with Crippen molar-refractivity contribution in [3.05, 3.63) is 28.8 Å².